The van der Waals surface area contributed by atoms with E-state index in [1.807, 2.05) is 18.2 Å². The predicted octanol–water partition coefficient (Wildman–Crippen LogP) is 6.26. The summed E-state index contributed by atoms with van der Waals surface area (Å²) >= 11 is 7.27. The Kier molecular flexibility index (Phi) is 5.58. The van der Waals surface area contributed by atoms with Crippen LogP contribution in [0.25, 0.3) is 11.8 Å². The number of halogens is 1. The second-order valence-electron chi connectivity index (χ2n) is 7.39. The Balaban J connectivity index is 1.64. The van der Waals surface area contributed by atoms with Gasteiger partial charge in [0.15, 0.2) is 5.17 Å². The minimum atomic E-state index is -0.135. The molecule has 4 rings (SSSR count). The fourth-order valence-electron chi connectivity index (χ4n) is 3.45. The number of thioether (sulfide) groups is 1. The van der Waals surface area contributed by atoms with E-state index >= 15 is 0 Å². The molecule has 0 unspecified atom stereocenters. The van der Waals surface area contributed by atoms with Crippen molar-refractivity contribution in [1.82, 2.24) is 9.88 Å². The summed E-state index contributed by atoms with van der Waals surface area (Å²) in [6.45, 7) is 8.40. The molecule has 1 fully saturated rings. The minimum Gasteiger partial charge on any atom is -0.318 e. The first-order valence-electron chi connectivity index (χ1n) is 9.63. The van der Waals surface area contributed by atoms with Gasteiger partial charge in [-0.15, -0.1) is 0 Å². The van der Waals surface area contributed by atoms with Crippen molar-refractivity contribution in [3.63, 3.8) is 0 Å². The lowest BCUT2D eigenvalue weighted by molar-refractivity contribution is -0.115. The van der Waals surface area contributed by atoms with Crippen LogP contribution in [0.15, 0.2) is 58.4 Å². The molecule has 0 spiro atoms. The molecular formula is C24H22ClN3OS. The number of amides is 1. The van der Waals surface area contributed by atoms with Gasteiger partial charge in [-0.2, -0.15) is 0 Å². The molecule has 0 aliphatic carbocycles. The summed E-state index contributed by atoms with van der Waals surface area (Å²) in [4.78, 5) is 17.6. The highest BCUT2D eigenvalue weighted by molar-refractivity contribution is 8.18. The SMILES string of the molecule is Cc1ccc(-n2c(C)cc(/C=C3/SC(=Nc4ccc(Cl)cc4)NC3=O)c2C)cc1C. The lowest BCUT2D eigenvalue weighted by Crippen LogP contribution is -2.19. The van der Waals surface area contributed by atoms with E-state index in [0.29, 0.717) is 15.1 Å². The maximum Gasteiger partial charge on any atom is 0.264 e. The van der Waals surface area contributed by atoms with E-state index in [1.54, 1.807) is 12.1 Å². The van der Waals surface area contributed by atoms with Gasteiger partial charge in [-0.3, -0.25) is 4.79 Å². The molecule has 1 aromatic heterocycles. The highest BCUT2D eigenvalue weighted by atomic mass is 35.5. The summed E-state index contributed by atoms with van der Waals surface area (Å²) in [6, 6.07) is 15.8. The number of hydrogen-bond acceptors (Lipinski definition) is 3. The maximum atomic E-state index is 12.5. The average molecular weight is 436 g/mol. The van der Waals surface area contributed by atoms with Crippen LogP contribution in [0.4, 0.5) is 5.69 Å². The van der Waals surface area contributed by atoms with Gasteiger partial charge in [0, 0.05) is 22.1 Å². The monoisotopic (exact) mass is 435 g/mol. The van der Waals surface area contributed by atoms with Crippen molar-refractivity contribution >= 4 is 46.2 Å². The number of carbonyl (C=O) groups excluding carboxylic acids is 1. The summed E-state index contributed by atoms with van der Waals surface area (Å²) in [5.41, 5.74) is 7.66. The quantitative estimate of drug-likeness (QED) is 0.494. The molecule has 152 valence electrons. The molecule has 0 bridgehead atoms. The van der Waals surface area contributed by atoms with Gasteiger partial charge in [0.25, 0.3) is 5.91 Å². The summed E-state index contributed by atoms with van der Waals surface area (Å²) in [7, 11) is 0. The number of aromatic nitrogens is 1. The molecule has 1 amide bonds. The molecule has 1 aliphatic rings. The van der Waals surface area contributed by atoms with E-state index in [1.165, 1.54) is 22.9 Å². The number of benzene rings is 2. The zero-order valence-electron chi connectivity index (χ0n) is 17.3. The molecule has 2 aromatic carbocycles. The largest absolute Gasteiger partial charge is 0.318 e. The van der Waals surface area contributed by atoms with Gasteiger partial charge in [0.05, 0.1) is 10.6 Å². The predicted molar refractivity (Wildman–Crippen MR) is 127 cm³/mol. The van der Waals surface area contributed by atoms with Crippen LogP contribution in [0.3, 0.4) is 0 Å². The third-order valence-electron chi connectivity index (χ3n) is 5.21. The second-order valence-corrected chi connectivity index (χ2v) is 8.86. The van der Waals surface area contributed by atoms with E-state index in [-0.39, 0.29) is 5.91 Å². The third kappa shape index (κ3) is 4.09. The zero-order chi connectivity index (χ0) is 21.4. The molecule has 4 nitrogen and oxygen atoms in total. The summed E-state index contributed by atoms with van der Waals surface area (Å²) < 4.78 is 2.22. The minimum absolute atomic E-state index is 0.135. The highest BCUT2D eigenvalue weighted by Gasteiger charge is 2.24. The van der Waals surface area contributed by atoms with Gasteiger partial charge in [0.1, 0.15) is 0 Å². The molecule has 3 aromatic rings. The van der Waals surface area contributed by atoms with Crippen molar-refractivity contribution in [2.45, 2.75) is 27.7 Å². The van der Waals surface area contributed by atoms with E-state index in [4.69, 9.17) is 11.6 Å². The summed E-state index contributed by atoms with van der Waals surface area (Å²) in [5.74, 6) is -0.135. The van der Waals surface area contributed by atoms with Crippen molar-refractivity contribution in [1.29, 1.82) is 0 Å². The Hall–Kier alpha value is -2.76. The maximum absolute atomic E-state index is 12.5. The van der Waals surface area contributed by atoms with Crippen LogP contribution in [0.5, 0.6) is 0 Å². The van der Waals surface area contributed by atoms with Crippen LogP contribution >= 0.6 is 23.4 Å². The van der Waals surface area contributed by atoms with Gasteiger partial charge in [-0.25, -0.2) is 4.99 Å². The van der Waals surface area contributed by atoms with Gasteiger partial charge in [0.2, 0.25) is 0 Å². The molecule has 1 N–H and O–H groups in total. The van der Waals surface area contributed by atoms with E-state index in [2.05, 4.69) is 66.8 Å². The van der Waals surface area contributed by atoms with Crippen molar-refractivity contribution in [2.75, 3.05) is 0 Å². The first-order valence-corrected chi connectivity index (χ1v) is 10.8. The lowest BCUT2D eigenvalue weighted by atomic mass is 10.1. The number of hydrogen-bond donors (Lipinski definition) is 1. The second kappa shape index (κ2) is 8.17. The first-order chi connectivity index (χ1) is 14.3. The Morgan fingerprint density at radius 2 is 1.73 bits per heavy atom. The molecular weight excluding hydrogens is 414 g/mol. The number of rotatable bonds is 3. The summed E-state index contributed by atoms with van der Waals surface area (Å²) in [5, 5.41) is 4.06. The Morgan fingerprint density at radius 1 is 1.00 bits per heavy atom. The van der Waals surface area contributed by atoms with Gasteiger partial charge in [-0.05, 0) is 105 Å². The highest BCUT2D eigenvalue weighted by Crippen LogP contribution is 2.31. The van der Waals surface area contributed by atoms with Crippen molar-refractivity contribution in [2.24, 2.45) is 4.99 Å². The fraction of sp³-hybridized carbons (Fsp3) is 0.167. The molecule has 30 heavy (non-hydrogen) atoms. The fourth-order valence-corrected chi connectivity index (χ4v) is 4.41. The standard InChI is InChI=1S/C24H22ClN3OS/c1-14-5-10-21(11-15(14)2)28-16(3)12-18(17(28)4)13-22-23(29)27-24(30-22)26-20-8-6-19(25)7-9-20/h5-13H,1-4H3,(H,26,27,29)/b22-13+. The van der Waals surface area contributed by atoms with Crippen LogP contribution < -0.4 is 5.32 Å². The molecule has 1 saturated heterocycles. The lowest BCUT2D eigenvalue weighted by Gasteiger charge is -2.11. The van der Waals surface area contributed by atoms with Crippen molar-refractivity contribution < 1.29 is 4.79 Å². The summed E-state index contributed by atoms with van der Waals surface area (Å²) in [6.07, 6.45) is 1.93. The van der Waals surface area contributed by atoms with Crippen LogP contribution in [-0.4, -0.2) is 15.6 Å². The van der Waals surface area contributed by atoms with Crippen molar-refractivity contribution in [3.8, 4) is 5.69 Å². The third-order valence-corrected chi connectivity index (χ3v) is 6.38. The molecule has 2 heterocycles. The topological polar surface area (TPSA) is 46.4 Å². The van der Waals surface area contributed by atoms with E-state index in [0.717, 1.165) is 28.3 Å². The molecule has 6 heteroatoms. The Morgan fingerprint density at radius 3 is 2.43 bits per heavy atom. The van der Waals surface area contributed by atoms with Crippen LogP contribution in [-0.2, 0) is 4.79 Å². The van der Waals surface area contributed by atoms with Gasteiger partial charge >= 0.3 is 0 Å². The number of aliphatic imine (C=N–C) groups is 1. The van der Waals surface area contributed by atoms with Crippen molar-refractivity contribution in [3.05, 3.63) is 86.5 Å². The van der Waals surface area contributed by atoms with E-state index < -0.39 is 0 Å². The Labute approximate surface area is 185 Å². The smallest absolute Gasteiger partial charge is 0.264 e. The number of amidine groups is 1. The van der Waals surface area contributed by atoms with E-state index in [9.17, 15) is 4.79 Å². The normalized spacial score (nSPS) is 16.5. The zero-order valence-corrected chi connectivity index (χ0v) is 18.9. The molecule has 0 atom stereocenters. The number of carbonyl (C=O) groups is 1. The number of aryl methyl sites for hydroxylation is 3. The van der Waals surface area contributed by atoms with Crippen LogP contribution in [0, 0.1) is 27.7 Å². The van der Waals surface area contributed by atoms with Crippen LogP contribution in [0.1, 0.15) is 28.1 Å². The molecule has 0 radical (unpaired) electrons. The number of nitrogens with zero attached hydrogens (tertiary/aromatic N) is 2. The number of nitrogens with one attached hydrogen (secondary N) is 1. The molecule has 1 aliphatic heterocycles. The Bertz CT molecular complexity index is 1210. The average Bonchev–Trinajstić information content (AvgIpc) is 3.18. The first kappa shape index (κ1) is 20.5. The van der Waals surface area contributed by atoms with Gasteiger partial charge < -0.3 is 9.88 Å². The molecule has 0 saturated carbocycles. The van der Waals surface area contributed by atoms with Crippen LogP contribution in [0.2, 0.25) is 5.02 Å². The van der Waals surface area contributed by atoms with Gasteiger partial charge in [-0.1, -0.05) is 17.7 Å².